The number of hydrogen-bond donors (Lipinski definition) is 2. The van der Waals surface area contributed by atoms with E-state index in [2.05, 4.69) is 17.6 Å². The fourth-order valence-electron chi connectivity index (χ4n) is 2.98. The minimum absolute atomic E-state index is 0.471. The molecular weight excluding hydrogens is 306 g/mol. The van der Waals surface area contributed by atoms with E-state index in [9.17, 15) is 0 Å². The monoisotopic (exact) mass is 335 g/mol. The number of aliphatic imine (C=N–C) groups is 1. The molecule has 1 aromatic rings. The first-order chi connectivity index (χ1) is 11.7. The van der Waals surface area contributed by atoms with Crippen LogP contribution in [0.15, 0.2) is 17.1 Å². The molecule has 2 rings (SSSR count). The van der Waals surface area contributed by atoms with Crippen LogP contribution in [0.1, 0.15) is 38.2 Å². The zero-order valence-corrected chi connectivity index (χ0v) is 15.1. The maximum atomic E-state index is 5.49. The molecule has 1 saturated carbocycles. The SMILES string of the molecule is CCNC(=NCc1c(OC)cc(OC)cc1OC)NC1CCCC1. The van der Waals surface area contributed by atoms with Crippen LogP contribution in [0.3, 0.4) is 0 Å². The van der Waals surface area contributed by atoms with Crippen molar-refractivity contribution < 1.29 is 14.2 Å². The summed E-state index contributed by atoms with van der Waals surface area (Å²) >= 11 is 0. The van der Waals surface area contributed by atoms with Gasteiger partial charge in [-0.05, 0) is 19.8 Å². The van der Waals surface area contributed by atoms with Gasteiger partial charge in [0, 0.05) is 24.7 Å². The topological polar surface area (TPSA) is 64.1 Å². The lowest BCUT2D eigenvalue weighted by molar-refractivity contribution is 0.369. The fraction of sp³-hybridized carbons (Fsp3) is 0.611. The van der Waals surface area contributed by atoms with Crippen LogP contribution >= 0.6 is 0 Å². The van der Waals surface area contributed by atoms with Gasteiger partial charge in [-0.1, -0.05) is 12.8 Å². The Balaban J connectivity index is 2.19. The summed E-state index contributed by atoms with van der Waals surface area (Å²) in [6, 6.07) is 4.22. The first-order valence-corrected chi connectivity index (χ1v) is 8.55. The van der Waals surface area contributed by atoms with Gasteiger partial charge in [0.15, 0.2) is 5.96 Å². The van der Waals surface area contributed by atoms with Gasteiger partial charge in [-0.2, -0.15) is 0 Å². The second kappa shape index (κ2) is 9.25. The fourth-order valence-corrected chi connectivity index (χ4v) is 2.98. The molecule has 0 amide bonds. The van der Waals surface area contributed by atoms with Gasteiger partial charge in [0.1, 0.15) is 17.2 Å². The van der Waals surface area contributed by atoms with Crippen LogP contribution in [0.5, 0.6) is 17.2 Å². The van der Waals surface area contributed by atoms with Crippen molar-refractivity contribution in [2.45, 2.75) is 45.2 Å². The van der Waals surface area contributed by atoms with Crippen LogP contribution in [0.2, 0.25) is 0 Å². The number of methoxy groups -OCH3 is 3. The highest BCUT2D eigenvalue weighted by atomic mass is 16.5. The molecule has 1 aliphatic rings. The Morgan fingerprint density at radius 3 is 2.21 bits per heavy atom. The zero-order valence-electron chi connectivity index (χ0n) is 15.1. The molecule has 134 valence electrons. The number of hydrogen-bond acceptors (Lipinski definition) is 4. The Morgan fingerprint density at radius 2 is 1.71 bits per heavy atom. The summed E-state index contributed by atoms with van der Waals surface area (Å²) < 4.78 is 16.3. The average molecular weight is 335 g/mol. The van der Waals surface area contributed by atoms with E-state index in [1.165, 1.54) is 25.7 Å². The first kappa shape index (κ1) is 18.2. The van der Waals surface area contributed by atoms with Crippen LogP contribution in [0, 0.1) is 0 Å². The number of benzene rings is 1. The summed E-state index contributed by atoms with van der Waals surface area (Å²) in [6.07, 6.45) is 4.99. The number of rotatable bonds is 7. The van der Waals surface area contributed by atoms with Gasteiger partial charge in [-0.25, -0.2) is 4.99 Å². The average Bonchev–Trinajstić information content (AvgIpc) is 3.12. The molecule has 2 N–H and O–H groups in total. The maximum Gasteiger partial charge on any atom is 0.191 e. The lowest BCUT2D eigenvalue weighted by Gasteiger charge is -2.18. The van der Waals surface area contributed by atoms with Crippen LogP contribution in [0.4, 0.5) is 0 Å². The predicted octanol–water partition coefficient (Wildman–Crippen LogP) is 2.71. The standard InChI is InChI=1S/C18H29N3O3/c1-5-19-18(21-13-8-6-7-9-13)20-12-15-16(23-3)10-14(22-2)11-17(15)24-4/h10-11,13H,5-9,12H2,1-4H3,(H2,19,20,21). The number of nitrogens with one attached hydrogen (secondary N) is 2. The molecule has 6 heteroatoms. The second-order valence-corrected chi connectivity index (χ2v) is 5.83. The molecule has 0 bridgehead atoms. The highest BCUT2D eigenvalue weighted by Crippen LogP contribution is 2.34. The van der Waals surface area contributed by atoms with E-state index in [0.717, 1.165) is 18.1 Å². The lowest BCUT2D eigenvalue weighted by Crippen LogP contribution is -2.42. The van der Waals surface area contributed by atoms with Crippen molar-refractivity contribution in [1.29, 1.82) is 0 Å². The third-order valence-electron chi connectivity index (χ3n) is 4.25. The van der Waals surface area contributed by atoms with E-state index in [4.69, 9.17) is 19.2 Å². The summed E-state index contributed by atoms with van der Waals surface area (Å²) in [7, 11) is 4.91. The normalized spacial score (nSPS) is 15.2. The van der Waals surface area contributed by atoms with Gasteiger partial charge in [-0.3, -0.25) is 0 Å². The second-order valence-electron chi connectivity index (χ2n) is 5.83. The maximum absolute atomic E-state index is 5.49. The van der Waals surface area contributed by atoms with E-state index in [1.54, 1.807) is 21.3 Å². The van der Waals surface area contributed by atoms with E-state index in [0.29, 0.717) is 29.8 Å². The van der Waals surface area contributed by atoms with E-state index >= 15 is 0 Å². The van der Waals surface area contributed by atoms with E-state index < -0.39 is 0 Å². The Bertz CT molecular complexity index is 529. The van der Waals surface area contributed by atoms with Crippen molar-refractivity contribution >= 4 is 5.96 Å². The number of nitrogens with zero attached hydrogens (tertiary/aromatic N) is 1. The third kappa shape index (κ3) is 4.69. The Labute approximate surface area is 144 Å². The van der Waals surface area contributed by atoms with Crippen LogP contribution in [-0.4, -0.2) is 39.9 Å². The summed E-state index contributed by atoms with van der Waals surface area (Å²) in [4.78, 5) is 4.71. The molecule has 0 radical (unpaired) electrons. The molecule has 0 unspecified atom stereocenters. The molecule has 0 heterocycles. The van der Waals surface area contributed by atoms with Crippen molar-refractivity contribution in [3.63, 3.8) is 0 Å². The summed E-state index contributed by atoms with van der Waals surface area (Å²) in [6.45, 7) is 3.37. The van der Waals surface area contributed by atoms with E-state index in [-0.39, 0.29) is 0 Å². The number of ether oxygens (including phenoxy) is 3. The smallest absolute Gasteiger partial charge is 0.191 e. The molecule has 1 aromatic carbocycles. The minimum Gasteiger partial charge on any atom is -0.496 e. The number of guanidine groups is 1. The van der Waals surface area contributed by atoms with Crippen molar-refractivity contribution in [1.82, 2.24) is 10.6 Å². The molecule has 24 heavy (non-hydrogen) atoms. The van der Waals surface area contributed by atoms with Gasteiger partial charge in [-0.15, -0.1) is 0 Å². The zero-order chi connectivity index (χ0) is 17.4. The largest absolute Gasteiger partial charge is 0.496 e. The summed E-state index contributed by atoms with van der Waals surface area (Å²) in [5, 5.41) is 6.83. The van der Waals surface area contributed by atoms with E-state index in [1.807, 2.05) is 12.1 Å². The van der Waals surface area contributed by atoms with Crippen LogP contribution in [-0.2, 0) is 6.54 Å². The predicted molar refractivity (Wildman–Crippen MR) is 96.3 cm³/mol. The molecule has 0 aromatic heterocycles. The lowest BCUT2D eigenvalue weighted by atomic mass is 10.1. The summed E-state index contributed by atoms with van der Waals surface area (Å²) in [5.41, 5.74) is 0.907. The van der Waals surface area contributed by atoms with Crippen molar-refractivity contribution in [2.24, 2.45) is 4.99 Å². The van der Waals surface area contributed by atoms with Crippen LogP contribution < -0.4 is 24.8 Å². The van der Waals surface area contributed by atoms with Gasteiger partial charge in [0.05, 0.1) is 33.4 Å². The highest BCUT2D eigenvalue weighted by Gasteiger charge is 2.17. The third-order valence-corrected chi connectivity index (χ3v) is 4.25. The van der Waals surface area contributed by atoms with Crippen molar-refractivity contribution in [2.75, 3.05) is 27.9 Å². The van der Waals surface area contributed by atoms with Gasteiger partial charge < -0.3 is 24.8 Å². The molecular formula is C18H29N3O3. The van der Waals surface area contributed by atoms with Crippen molar-refractivity contribution in [3.8, 4) is 17.2 Å². The first-order valence-electron chi connectivity index (χ1n) is 8.55. The molecule has 0 spiro atoms. The molecule has 1 fully saturated rings. The Kier molecular flexibility index (Phi) is 7.03. The summed E-state index contributed by atoms with van der Waals surface area (Å²) in [5.74, 6) is 2.97. The molecule has 0 atom stereocenters. The molecule has 6 nitrogen and oxygen atoms in total. The van der Waals surface area contributed by atoms with Crippen molar-refractivity contribution in [3.05, 3.63) is 17.7 Å². The molecule has 1 aliphatic carbocycles. The van der Waals surface area contributed by atoms with Gasteiger partial charge in [0.2, 0.25) is 0 Å². The van der Waals surface area contributed by atoms with Gasteiger partial charge >= 0.3 is 0 Å². The van der Waals surface area contributed by atoms with Gasteiger partial charge in [0.25, 0.3) is 0 Å². The quantitative estimate of drug-likeness (QED) is 0.592. The van der Waals surface area contributed by atoms with Crippen LogP contribution in [0.25, 0.3) is 0 Å². The molecule has 0 aliphatic heterocycles. The highest BCUT2D eigenvalue weighted by molar-refractivity contribution is 5.80. The Hall–Kier alpha value is -2.11. The molecule has 0 saturated heterocycles. The minimum atomic E-state index is 0.471. The Morgan fingerprint density at radius 1 is 1.08 bits per heavy atom.